The maximum absolute atomic E-state index is 9.78. The molecule has 1 fully saturated rings. The highest BCUT2D eigenvalue weighted by Crippen LogP contribution is 2.40. The van der Waals surface area contributed by atoms with Gasteiger partial charge < -0.3 is 9.67 Å². The number of hydrogen-bond donors (Lipinski definition) is 1. The van der Waals surface area contributed by atoms with Crippen molar-refractivity contribution in [3.8, 4) is 12.3 Å². The second-order valence-electron chi connectivity index (χ2n) is 3.60. The van der Waals surface area contributed by atoms with Crippen molar-refractivity contribution in [2.45, 2.75) is 25.5 Å². The van der Waals surface area contributed by atoms with Crippen molar-refractivity contribution in [2.24, 2.45) is 5.92 Å². The smallest absolute Gasteiger partial charge is 0.0832 e. The minimum absolute atomic E-state index is 0.279. The SMILES string of the molecule is C#CCn1ccc(C(O)C2CC2)c1. The highest BCUT2D eigenvalue weighted by atomic mass is 16.3. The summed E-state index contributed by atoms with van der Waals surface area (Å²) in [5.74, 6) is 3.05. The third-order valence-electron chi connectivity index (χ3n) is 2.46. The Kier molecular flexibility index (Phi) is 2.12. The van der Waals surface area contributed by atoms with Crippen LogP contribution in [0.2, 0.25) is 0 Å². The predicted octanol–water partition coefficient (Wildman–Crippen LogP) is 1.56. The van der Waals surface area contributed by atoms with E-state index in [2.05, 4.69) is 5.92 Å². The topological polar surface area (TPSA) is 25.2 Å². The van der Waals surface area contributed by atoms with E-state index in [1.165, 1.54) is 0 Å². The second-order valence-corrected chi connectivity index (χ2v) is 3.60. The Balaban J connectivity index is 2.08. The first-order valence-electron chi connectivity index (χ1n) is 4.58. The molecule has 1 unspecified atom stereocenters. The first kappa shape index (κ1) is 8.40. The molecular weight excluding hydrogens is 162 g/mol. The fraction of sp³-hybridized carbons (Fsp3) is 0.455. The van der Waals surface area contributed by atoms with Gasteiger partial charge in [0.2, 0.25) is 0 Å². The molecule has 2 nitrogen and oxygen atoms in total. The Hall–Kier alpha value is -1.20. The summed E-state index contributed by atoms with van der Waals surface area (Å²) in [4.78, 5) is 0. The molecule has 0 aromatic carbocycles. The van der Waals surface area contributed by atoms with Crippen LogP contribution < -0.4 is 0 Å². The van der Waals surface area contributed by atoms with Crippen LogP contribution in [0.4, 0.5) is 0 Å². The van der Waals surface area contributed by atoms with Crippen LogP contribution in [0.15, 0.2) is 18.5 Å². The zero-order valence-electron chi connectivity index (χ0n) is 7.48. The molecule has 0 aliphatic heterocycles. The number of hydrogen-bond acceptors (Lipinski definition) is 1. The van der Waals surface area contributed by atoms with E-state index < -0.39 is 0 Å². The first-order chi connectivity index (χ1) is 6.31. The highest BCUT2D eigenvalue weighted by molar-refractivity contribution is 5.16. The molecule has 0 spiro atoms. The molecule has 1 heterocycles. The van der Waals surface area contributed by atoms with E-state index in [-0.39, 0.29) is 6.10 Å². The van der Waals surface area contributed by atoms with E-state index >= 15 is 0 Å². The summed E-state index contributed by atoms with van der Waals surface area (Å²) in [5.41, 5.74) is 0.998. The van der Waals surface area contributed by atoms with Crippen molar-refractivity contribution >= 4 is 0 Å². The fourth-order valence-corrected chi connectivity index (χ4v) is 1.52. The quantitative estimate of drug-likeness (QED) is 0.693. The van der Waals surface area contributed by atoms with Gasteiger partial charge in [-0.2, -0.15) is 0 Å². The monoisotopic (exact) mass is 175 g/mol. The van der Waals surface area contributed by atoms with Crippen molar-refractivity contribution in [3.05, 3.63) is 24.0 Å². The van der Waals surface area contributed by atoms with E-state index in [0.717, 1.165) is 18.4 Å². The van der Waals surface area contributed by atoms with Gasteiger partial charge in [0.05, 0.1) is 12.6 Å². The molecule has 2 heteroatoms. The van der Waals surface area contributed by atoms with Crippen molar-refractivity contribution in [1.82, 2.24) is 4.57 Å². The fourth-order valence-electron chi connectivity index (χ4n) is 1.52. The van der Waals surface area contributed by atoms with Gasteiger partial charge in [0.15, 0.2) is 0 Å². The first-order valence-corrected chi connectivity index (χ1v) is 4.58. The third-order valence-corrected chi connectivity index (χ3v) is 2.46. The number of nitrogens with zero attached hydrogens (tertiary/aromatic N) is 1. The molecule has 1 aromatic heterocycles. The Morgan fingerprint density at radius 2 is 2.46 bits per heavy atom. The lowest BCUT2D eigenvalue weighted by Gasteiger charge is -2.05. The van der Waals surface area contributed by atoms with Gasteiger partial charge in [0, 0.05) is 12.4 Å². The van der Waals surface area contributed by atoms with Crippen molar-refractivity contribution in [2.75, 3.05) is 0 Å². The van der Waals surface area contributed by atoms with Crippen LogP contribution in [-0.2, 0) is 6.54 Å². The number of aromatic nitrogens is 1. The zero-order valence-corrected chi connectivity index (χ0v) is 7.48. The summed E-state index contributed by atoms with van der Waals surface area (Å²) in [6.07, 6.45) is 11.1. The molecule has 0 bridgehead atoms. The van der Waals surface area contributed by atoms with Gasteiger partial charge in [-0.3, -0.25) is 0 Å². The standard InChI is InChI=1S/C11H13NO/c1-2-6-12-7-5-10(8-12)11(13)9-3-4-9/h1,5,7-9,11,13H,3-4,6H2. The number of rotatable bonds is 3. The molecule has 1 aliphatic rings. The van der Waals surface area contributed by atoms with Crippen LogP contribution in [0.5, 0.6) is 0 Å². The maximum atomic E-state index is 9.78. The summed E-state index contributed by atoms with van der Waals surface area (Å²) in [6, 6.07) is 1.94. The third kappa shape index (κ3) is 1.76. The Morgan fingerprint density at radius 3 is 3.08 bits per heavy atom. The van der Waals surface area contributed by atoms with E-state index in [4.69, 9.17) is 6.42 Å². The molecule has 13 heavy (non-hydrogen) atoms. The molecule has 1 atom stereocenters. The molecule has 1 saturated carbocycles. The van der Waals surface area contributed by atoms with Gasteiger partial charge in [-0.05, 0) is 30.4 Å². The minimum Gasteiger partial charge on any atom is -0.388 e. The van der Waals surface area contributed by atoms with Gasteiger partial charge in [0.1, 0.15) is 0 Å². The van der Waals surface area contributed by atoms with Crippen LogP contribution in [0.25, 0.3) is 0 Å². The lowest BCUT2D eigenvalue weighted by atomic mass is 10.1. The van der Waals surface area contributed by atoms with E-state index in [0.29, 0.717) is 12.5 Å². The molecule has 68 valence electrons. The Morgan fingerprint density at radius 1 is 1.69 bits per heavy atom. The van der Waals surface area contributed by atoms with Crippen LogP contribution in [0, 0.1) is 18.3 Å². The normalized spacial score (nSPS) is 18.2. The van der Waals surface area contributed by atoms with Gasteiger partial charge in [0.25, 0.3) is 0 Å². The largest absolute Gasteiger partial charge is 0.388 e. The molecule has 0 radical (unpaired) electrons. The van der Waals surface area contributed by atoms with Gasteiger partial charge in [-0.25, -0.2) is 0 Å². The second kappa shape index (κ2) is 3.27. The van der Waals surface area contributed by atoms with Crippen LogP contribution in [0.3, 0.4) is 0 Å². The minimum atomic E-state index is -0.279. The van der Waals surface area contributed by atoms with Gasteiger partial charge in [-0.15, -0.1) is 6.42 Å². The molecule has 1 aromatic rings. The summed E-state index contributed by atoms with van der Waals surface area (Å²) in [5, 5.41) is 9.78. The molecule has 0 saturated heterocycles. The van der Waals surface area contributed by atoms with E-state index in [1.54, 1.807) is 0 Å². The molecule has 0 amide bonds. The molecule has 1 N–H and O–H groups in total. The van der Waals surface area contributed by atoms with E-state index in [9.17, 15) is 5.11 Å². The van der Waals surface area contributed by atoms with Crippen LogP contribution in [0.1, 0.15) is 24.5 Å². The Bertz CT molecular complexity index is 330. The molecule has 1 aliphatic carbocycles. The number of aliphatic hydroxyl groups excluding tert-OH is 1. The predicted molar refractivity (Wildman–Crippen MR) is 50.9 cm³/mol. The lowest BCUT2D eigenvalue weighted by molar-refractivity contribution is 0.154. The lowest BCUT2D eigenvalue weighted by Crippen LogP contribution is -1.98. The molecular formula is C11H13NO. The van der Waals surface area contributed by atoms with Crippen LogP contribution in [-0.4, -0.2) is 9.67 Å². The van der Waals surface area contributed by atoms with Gasteiger partial charge in [-0.1, -0.05) is 5.92 Å². The summed E-state index contributed by atoms with van der Waals surface area (Å²) >= 11 is 0. The average Bonchev–Trinajstić information content (AvgIpc) is 2.87. The summed E-state index contributed by atoms with van der Waals surface area (Å²) in [6.45, 7) is 0.581. The zero-order chi connectivity index (χ0) is 9.26. The van der Waals surface area contributed by atoms with Crippen molar-refractivity contribution in [3.63, 3.8) is 0 Å². The van der Waals surface area contributed by atoms with Crippen LogP contribution >= 0.6 is 0 Å². The number of aliphatic hydroxyl groups is 1. The maximum Gasteiger partial charge on any atom is 0.0832 e. The molecule has 2 rings (SSSR count). The highest BCUT2D eigenvalue weighted by Gasteiger charge is 2.30. The Labute approximate surface area is 78.2 Å². The number of terminal acetylenes is 1. The van der Waals surface area contributed by atoms with Gasteiger partial charge >= 0.3 is 0 Å². The summed E-state index contributed by atoms with van der Waals surface area (Å²) in [7, 11) is 0. The average molecular weight is 175 g/mol. The van der Waals surface area contributed by atoms with Crippen molar-refractivity contribution in [1.29, 1.82) is 0 Å². The van der Waals surface area contributed by atoms with Crippen molar-refractivity contribution < 1.29 is 5.11 Å². The van der Waals surface area contributed by atoms with E-state index in [1.807, 2.05) is 23.0 Å². The summed E-state index contributed by atoms with van der Waals surface area (Å²) < 4.78 is 1.92.